The van der Waals surface area contributed by atoms with E-state index >= 15 is 0 Å². The molecule has 3 rings (SSSR count). The highest BCUT2D eigenvalue weighted by atomic mass is 35.5. The number of nitrogens with zero attached hydrogens (tertiary/aromatic N) is 2. The third-order valence-corrected chi connectivity index (χ3v) is 4.94. The first kappa shape index (κ1) is 14.0. The zero-order valence-corrected chi connectivity index (χ0v) is 12.9. The van der Waals surface area contributed by atoms with Gasteiger partial charge in [0.15, 0.2) is 0 Å². The van der Waals surface area contributed by atoms with Crippen LogP contribution in [0.25, 0.3) is 10.9 Å². The molecule has 0 spiro atoms. The highest BCUT2D eigenvalue weighted by Gasteiger charge is 2.16. The molecule has 20 heavy (non-hydrogen) atoms. The minimum atomic E-state index is 0.858. The molecule has 0 N–H and O–H groups in total. The van der Waals surface area contributed by atoms with Gasteiger partial charge in [-0.15, -0.1) is 0 Å². The summed E-state index contributed by atoms with van der Waals surface area (Å²) in [5, 5.41) is 2.03. The molecule has 2 nitrogen and oxygen atoms in total. The van der Waals surface area contributed by atoms with Crippen molar-refractivity contribution in [2.75, 3.05) is 20.1 Å². The SMILES string of the molecule is CN1CCC(CCCn2ccc3c(Cl)cccc32)CC1. The average Bonchev–Trinajstić information content (AvgIpc) is 2.86. The Balaban J connectivity index is 1.56. The highest BCUT2D eigenvalue weighted by Crippen LogP contribution is 2.25. The van der Waals surface area contributed by atoms with E-state index in [4.69, 9.17) is 11.6 Å². The number of likely N-dealkylation sites (tertiary alicyclic amines) is 1. The molecule has 0 atom stereocenters. The standard InChI is InChI=1S/C17H23ClN2/c1-19-11-7-14(8-12-19)4-3-10-20-13-9-15-16(18)5-2-6-17(15)20/h2,5-6,9,13-14H,3-4,7-8,10-12H2,1H3. The molecular weight excluding hydrogens is 268 g/mol. The van der Waals surface area contributed by atoms with E-state index in [0.29, 0.717) is 0 Å². The van der Waals surface area contributed by atoms with Gasteiger partial charge in [0.1, 0.15) is 0 Å². The molecule has 1 aliphatic rings. The number of fused-ring (bicyclic) bond motifs is 1. The lowest BCUT2D eigenvalue weighted by Crippen LogP contribution is -2.30. The Hall–Kier alpha value is -0.990. The average molecular weight is 291 g/mol. The third kappa shape index (κ3) is 3.02. The summed E-state index contributed by atoms with van der Waals surface area (Å²) in [6, 6.07) is 8.30. The molecule has 3 heteroatoms. The molecule has 0 amide bonds. The van der Waals surface area contributed by atoms with Gasteiger partial charge in [0.05, 0.1) is 0 Å². The van der Waals surface area contributed by atoms with Crippen molar-refractivity contribution in [3.05, 3.63) is 35.5 Å². The Morgan fingerprint density at radius 1 is 1.20 bits per heavy atom. The Bertz CT molecular complexity index is 567. The van der Waals surface area contributed by atoms with Crippen molar-refractivity contribution in [1.82, 2.24) is 9.47 Å². The van der Waals surface area contributed by atoms with Crippen molar-refractivity contribution in [2.24, 2.45) is 5.92 Å². The van der Waals surface area contributed by atoms with Crippen LogP contribution in [0.3, 0.4) is 0 Å². The Labute approximate surface area is 126 Å². The van der Waals surface area contributed by atoms with Gasteiger partial charge in [0.25, 0.3) is 0 Å². The van der Waals surface area contributed by atoms with Crippen LogP contribution in [0.1, 0.15) is 25.7 Å². The van der Waals surface area contributed by atoms with Gasteiger partial charge < -0.3 is 9.47 Å². The summed E-state index contributed by atoms with van der Waals surface area (Å²) in [4.78, 5) is 2.44. The first-order valence-electron chi connectivity index (χ1n) is 7.66. The molecule has 1 aromatic carbocycles. The van der Waals surface area contributed by atoms with E-state index in [2.05, 4.69) is 34.8 Å². The summed E-state index contributed by atoms with van der Waals surface area (Å²) in [7, 11) is 2.23. The van der Waals surface area contributed by atoms with Crippen molar-refractivity contribution in [3.63, 3.8) is 0 Å². The number of halogens is 1. The van der Waals surface area contributed by atoms with E-state index in [1.165, 1.54) is 49.7 Å². The number of hydrogen-bond donors (Lipinski definition) is 0. The van der Waals surface area contributed by atoms with Gasteiger partial charge in [-0.25, -0.2) is 0 Å². The molecule has 0 bridgehead atoms. The fourth-order valence-corrected chi connectivity index (χ4v) is 3.51. The molecule has 1 fully saturated rings. The predicted octanol–water partition coefficient (Wildman–Crippen LogP) is 4.42. The van der Waals surface area contributed by atoms with E-state index in [1.54, 1.807) is 0 Å². The molecule has 0 saturated carbocycles. The Kier molecular flexibility index (Phi) is 4.32. The van der Waals surface area contributed by atoms with Crippen molar-refractivity contribution in [2.45, 2.75) is 32.2 Å². The fourth-order valence-electron chi connectivity index (χ4n) is 3.28. The zero-order valence-electron chi connectivity index (χ0n) is 12.2. The van der Waals surface area contributed by atoms with Gasteiger partial charge in [0.2, 0.25) is 0 Å². The number of rotatable bonds is 4. The summed E-state index contributed by atoms with van der Waals surface area (Å²) in [6.07, 6.45) is 7.54. The fraction of sp³-hybridized carbons (Fsp3) is 0.529. The summed E-state index contributed by atoms with van der Waals surface area (Å²) in [5.41, 5.74) is 1.26. The molecule has 2 heterocycles. The van der Waals surface area contributed by atoms with E-state index in [0.717, 1.165) is 17.5 Å². The van der Waals surface area contributed by atoms with E-state index in [9.17, 15) is 0 Å². The van der Waals surface area contributed by atoms with Crippen molar-refractivity contribution >= 4 is 22.5 Å². The highest BCUT2D eigenvalue weighted by molar-refractivity contribution is 6.35. The number of hydrogen-bond acceptors (Lipinski definition) is 1. The van der Waals surface area contributed by atoms with Crippen LogP contribution >= 0.6 is 11.6 Å². The minimum absolute atomic E-state index is 0.858. The maximum Gasteiger partial charge on any atom is 0.0499 e. The monoisotopic (exact) mass is 290 g/mol. The molecular formula is C17H23ClN2. The Morgan fingerprint density at radius 2 is 2.00 bits per heavy atom. The van der Waals surface area contributed by atoms with Crippen molar-refractivity contribution < 1.29 is 0 Å². The molecule has 0 aliphatic carbocycles. The molecule has 108 valence electrons. The molecule has 0 radical (unpaired) electrons. The van der Waals surface area contributed by atoms with E-state index in [1.807, 2.05) is 12.1 Å². The quantitative estimate of drug-likeness (QED) is 0.809. The second-order valence-electron chi connectivity index (χ2n) is 6.07. The zero-order chi connectivity index (χ0) is 13.9. The van der Waals surface area contributed by atoms with Gasteiger partial charge in [-0.3, -0.25) is 0 Å². The van der Waals surface area contributed by atoms with Gasteiger partial charge in [0, 0.05) is 28.7 Å². The van der Waals surface area contributed by atoms with Crippen LogP contribution < -0.4 is 0 Å². The number of aromatic nitrogens is 1. The van der Waals surface area contributed by atoms with E-state index < -0.39 is 0 Å². The number of aryl methyl sites for hydroxylation is 1. The molecule has 0 unspecified atom stereocenters. The van der Waals surface area contributed by atoms with Gasteiger partial charge in [-0.05, 0) is 69.9 Å². The smallest absolute Gasteiger partial charge is 0.0499 e. The van der Waals surface area contributed by atoms with Gasteiger partial charge >= 0.3 is 0 Å². The lowest BCUT2D eigenvalue weighted by molar-refractivity contribution is 0.209. The van der Waals surface area contributed by atoms with Gasteiger partial charge in [-0.1, -0.05) is 17.7 Å². The van der Waals surface area contributed by atoms with Crippen LogP contribution in [0.15, 0.2) is 30.5 Å². The third-order valence-electron chi connectivity index (χ3n) is 4.61. The predicted molar refractivity (Wildman–Crippen MR) is 86.4 cm³/mol. The molecule has 1 aliphatic heterocycles. The van der Waals surface area contributed by atoms with Crippen LogP contribution in [0.5, 0.6) is 0 Å². The first-order valence-corrected chi connectivity index (χ1v) is 8.04. The summed E-state index contributed by atoms with van der Waals surface area (Å²) in [6.45, 7) is 3.65. The lowest BCUT2D eigenvalue weighted by Gasteiger charge is -2.28. The number of benzene rings is 1. The molecule has 1 aromatic heterocycles. The molecule has 2 aromatic rings. The second kappa shape index (κ2) is 6.19. The van der Waals surface area contributed by atoms with Crippen LogP contribution in [-0.4, -0.2) is 29.6 Å². The van der Waals surface area contributed by atoms with Crippen LogP contribution in [0, 0.1) is 5.92 Å². The summed E-state index contributed by atoms with van der Waals surface area (Å²) in [5.74, 6) is 0.927. The van der Waals surface area contributed by atoms with Gasteiger partial charge in [-0.2, -0.15) is 0 Å². The van der Waals surface area contributed by atoms with Crippen molar-refractivity contribution in [1.29, 1.82) is 0 Å². The maximum atomic E-state index is 6.22. The van der Waals surface area contributed by atoms with Crippen molar-refractivity contribution in [3.8, 4) is 0 Å². The maximum absolute atomic E-state index is 6.22. The second-order valence-corrected chi connectivity index (χ2v) is 6.48. The minimum Gasteiger partial charge on any atom is -0.347 e. The van der Waals surface area contributed by atoms with Crippen LogP contribution in [-0.2, 0) is 6.54 Å². The topological polar surface area (TPSA) is 8.17 Å². The summed E-state index contributed by atoms with van der Waals surface area (Å²) >= 11 is 6.22. The molecule has 1 saturated heterocycles. The first-order chi connectivity index (χ1) is 9.74. The normalized spacial score (nSPS) is 17.9. The van der Waals surface area contributed by atoms with E-state index in [-0.39, 0.29) is 0 Å². The lowest BCUT2D eigenvalue weighted by atomic mass is 9.92. The number of piperidine rings is 1. The largest absolute Gasteiger partial charge is 0.347 e. The Morgan fingerprint density at radius 3 is 2.80 bits per heavy atom. The van der Waals surface area contributed by atoms with Crippen LogP contribution in [0.2, 0.25) is 5.02 Å². The summed E-state index contributed by atoms with van der Waals surface area (Å²) < 4.78 is 2.34. The van der Waals surface area contributed by atoms with Crippen LogP contribution in [0.4, 0.5) is 0 Å².